The van der Waals surface area contributed by atoms with Gasteiger partial charge >= 0.3 is 0 Å². The number of hydrogen-bond acceptors (Lipinski definition) is 4. The van der Waals surface area contributed by atoms with Gasteiger partial charge in [-0.2, -0.15) is 0 Å². The van der Waals surface area contributed by atoms with E-state index in [1.165, 1.54) is 0 Å². The summed E-state index contributed by atoms with van der Waals surface area (Å²) in [5.41, 5.74) is 0. The number of nitrogens with one attached hydrogen (secondary N) is 1. The van der Waals surface area contributed by atoms with E-state index >= 15 is 0 Å². The Morgan fingerprint density at radius 3 is 2.53 bits per heavy atom. The van der Waals surface area contributed by atoms with E-state index in [0.29, 0.717) is 19.4 Å². The summed E-state index contributed by atoms with van der Waals surface area (Å²) in [6.07, 6.45) is 1.12. The Bertz CT molecular complexity index is 240. The smallest absolute Gasteiger partial charge is 0.214 e. The number of rotatable bonds is 9. The molecule has 0 radical (unpaired) electrons. The second kappa shape index (κ2) is 8.04. The van der Waals surface area contributed by atoms with Crippen LogP contribution >= 0.6 is 0 Å². The molecule has 0 bridgehead atoms. The molecule has 0 spiro atoms. The zero-order valence-corrected chi connectivity index (χ0v) is 10.2. The molecule has 0 saturated heterocycles. The normalized spacial score (nSPS) is 14.1. The summed E-state index contributed by atoms with van der Waals surface area (Å²) in [5, 5.41) is 8.72. The van der Waals surface area contributed by atoms with Crippen LogP contribution in [-0.4, -0.2) is 45.1 Å². The molecule has 0 aromatic rings. The van der Waals surface area contributed by atoms with Crippen LogP contribution in [-0.2, 0) is 14.8 Å². The molecule has 0 heterocycles. The summed E-state index contributed by atoms with van der Waals surface area (Å²) in [6.45, 7) is 4.42. The summed E-state index contributed by atoms with van der Waals surface area (Å²) in [6, 6.07) is -0.179. The maximum Gasteiger partial charge on any atom is 0.214 e. The Morgan fingerprint density at radius 2 is 2.07 bits per heavy atom. The summed E-state index contributed by atoms with van der Waals surface area (Å²) < 4.78 is 30.5. The van der Waals surface area contributed by atoms with Crippen molar-refractivity contribution in [1.82, 2.24) is 4.72 Å². The van der Waals surface area contributed by atoms with Gasteiger partial charge < -0.3 is 9.84 Å². The minimum Gasteiger partial charge on any atom is -0.396 e. The molecule has 0 aliphatic carbocycles. The molecule has 2 N–H and O–H groups in total. The standard InChI is InChI=1S/C9H21NO4S/c1-3-9(5-6-11)10-15(12,13)8-7-14-4-2/h9-11H,3-8H2,1-2H3. The van der Waals surface area contributed by atoms with Crippen LogP contribution in [0.1, 0.15) is 26.7 Å². The van der Waals surface area contributed by atoms with Gasteiger partial charge in [0.15, 0.2) is 0 Å². The van der Waals surface area contributed by atoms with Crippen LogP contribution in [0.25, 0.3) is 0 Å². The Morgan fingerprint density at radius 1 is 1.40 bits per heavy atom. The van der Waals surface area contributed by atoms with Crippen LogP contribution in [0.4, 0.5) is 0 Å². The number of hydrogen-bond donors (Lipinski definition) is 2. The zero-order chi connectivity index (χ0) is 11.7. The fourth-order valence-corrected chi connectivity index (χ4v) is 2.38. The molecule has 6 heteroatoms. The van der Waals surface area contributed by atoms with Crippen molar-refractivity contribution in [3.8, 4) is 0 Å². The second-order valence-electron chi connectivity index (χ2n) is 3.25. The van der Waals surface area contributed by atoms with E-state index in [1.54, 1.807) is 0 Å². The first-order valence-corrected chi connectivity index (χ1v) is 6.89. The average Bonchev–Trinajstić information content (AvgIpc) is 2.17. The van der Waals surface area contributed by atoms with Gasteiger partial charge in [-0.3, -0.25) is 0 Å². The second-order valence-corrected chi connectivity index (χ2v) is 5.12. The first kappa shape index (κ1) is 14.8. The van der Waals surface area contributed by atoms with E-state index in [1.807, 2.05) is 13.8 Å². The van der Waals surface area contributed by atoms with Crippen molar-refractivity contribution in [1.29, 1.82) is 0 Å². The van der Waals surface area contributed by atoms with Crippen molar-refractivity contribution in [3.05, 3.63) is 0 Å². The van der Waals surface area contributed by atoms with Crippen molar-refractivity contribution >= 4 is 10.0 Å². The Labute approximate surface area is 91.9 Å². The molecule has 0 aliphatic heterocycles. The number of aliphatic hydroxyl groups is 1. The molecule has 92 valence electrons. The molecule has 1 atom stereocenters. The number of aliphatic hydroxyl groups excluding tert-OH is 1. The molecule has 0 amide bonds. The van der Waals surface area contributed by atoms with Gasteiger partial charge in [-0.1, -0.05) is 6.92 Å². The zero-order valence-electron chi connectivity index (χ0n) is 9.40. The van der Waals surface area contributed by atoms with Gasteiger partial charge in [0, 0.05) is 19.3 Å². The largest absolute Gasteiger partial charge is 0.396 e. The van der Waals surface area contributed by atoms with Gasteiger partial charge in [0.2, 0.25) is 10.0 Å². The predicted molar refractivity (Wildman–Crippen MR) is 59.2 cm³/mol. The summed E-state index contributed by atoms with van der Waals surface area (Å²) in [4.78, 5) is 0. The Balaban J connectivity index is 3.99. The van der Waals surface area contributed by atoms with Crippen molar-refractivity contribution in [3.63, 3.8) is 0 Å². The molecule has 0 aliphatic rings. The van der Waals surface area contributed by atoms with E-state index in [4.69, 9.17) is 9.84 Å². The lowest BCUT2D eigenvalue weighted by Gasteiger charge is -2.15. The van der Waals surface area contributed by atoms with E-state index in [9.17, 15) is 8.42 Å². The maximum absolute atomic E-state index is 11.5. The van der Waals surface area contributed by atoms with Crippen LogP contribution < -0.4 is 4.72 Å². The van der Waals surface area contributed by atoms with Crippen LogP contribution in [0.2, 0.25) is 0 Å². The molecule has 5 nitrogen and oxygen atoms in total. The predicted octanol–water partition coefficient (Wildman–Crippen LogP) is 0.103. The van der Waals surface area contributed by atoms with E-state index in [2.05, 4.69) is 4.72 Å². The highest BCUT2D eigenvalue weighted by Crippen LogP contribution is 1.99. The van der Waals surface area contributed by atoms with Crippen molar-refractivity contribution in [2.24, 2.45) is 0 Å². The van der Waals surface area contributed by atoms with Gasteiger partial charge in [-0.05, 0) is 19.8 Å². The summed E-state index contributed by atoms with van der Waals surface area (Å²) >= 11 is 0. The van der Waals surface area contributed by atoms with Crippen molar-refractivity contribution in [2.45, 2.75) is 32.7 Å². The molecule has 1 unspecified atom stereocenters. The SMILES string of the molecule is CCOCCS(=O)(=O)NC(CC)CCO. The lowest BCUT2D eigenvalue weighted by molar-refractivity contribution is 0.163. The number of sulfonamides is 1. The lowest BCUT2D eigenvalue weighted by Crippen LogP contribution is -2.37. The third kappa shape index (κ3) is 7.72. The van der Waals surface area contributed by atoms with Gasteiger partial charge in [0.1, 0.15) is 0 Å². The molecule has 0 aromatic carbocycles. The molecule has 0 fully saturated rings. The van der Waals surface area contributed by atoms with E-state index < -0.39 is 10.0 Å². The van der Waals surface area contributed by atoms with Gasteiger partial charge in [0.05, 0.1) is 12.4 Å². The van der Waals surface area contributed by atoms with Gasteiger partial charge in [0.25, 0.3) is 0 Å². The van der Waals surface area contributed by atoms with Crippen molar-refractivity contribution in [2.75, 3.05) is 25.6 Å². The number of ether oxygens (including phenoxy) is 1. The lowest BCUT2D eigenvalue weighted by atomic mass is 10.2. The minimum absolute atomic E-state index is 0.00745. The first-order valence-electron chi connectivity index (χ1n) is 5.24. The average molecular weight is 239 g/mol. The first-order chi connectivity index (χ1) is 7.05. The van der Waals surface area contributed by atoms with Crippen LogP contribution in [0.15, 0.2) is 0 Å². The van der Waals surface area contributed by atoms with Crippen LogP contribution in [0.3, 0.4) is 0 Å². The maximum atomic E-state index is 11.5. The third-order valence-corrected chi connectivity index (χ3v) is 3.41. The summed E-state index contributed by atoms with van der Waals surface area (Å²) in [7, 11) is -3.27. The molecule has 0 saturated carbocycles. The highest BCUT2D eigenvalue weighted by atomic mass is 32.2. The topological polar surface area (TPSA) is 75.6 Å². The Hall–Kier alpha value is -0.170. The highest BCUT2D eigenvalue weighted by molar-refractivity contribution is 7.89. The summed E-state index contributed by atoms with van der Waals surface area (Å²) in [5.74, 6) is -0.0250. The molecular weight excluding hydrogens is 218 g/mol. The van der Waals surface area contributed by atoms with Crippen LogP contribution in [0, 0.1) is 0 Å². The monoisotopic (exact) mass is 239 g/mol. The quantitative estimate of drug-likeness (QED) is 0.560. The van der Waals surface area contributed by atoms with Gasteiger partial charge in [-0.15, -0.1) is 0 Å². The Kier molecular flexibility index (Phi) is 7.95. The van der Waals surface area contributed by atoms with Crippen molar-refractivity contribution < 1.29 is 18.3 Å². The van der Waals surface area contributed by atoms with E-state index in [-0.39, 0.29) is 25.0 Å². The molecular formula is C9H21NO4S. The van der Waals surface area contributed by atoms with E-state index in [0.717, 1.165) is 0 Å². The van der Waals surface area contributed by atoms with Gasteiger partial charge in [-0.25, -0.2) is 13.1 Å². The molecule has 0 rings (SSSR count). The molecule has 0 aromatic heterocycles. The fourth-order valence-electron chi connectivity index (χ4n) is 1.13. The fraction of sp³-hybridized carbons (Fsp3) is 1.00. The highest BCUT2D eigenvalue weighted by Gasteiger charge is 2.15. The third-order valence-electron chi connectivity index (χ3n) is 2.02. The van der Waals surface area contributed by atoms with Crippen LogP contribution in [0.5, 0.6) is 0 Å². The minimum atomic E-state index is -3.27. The molecule has 15 heavy (non-hydrogen) atoms.